The van der Waals surface area contributed by atoms with Gasteiger partial charge in [-0.2, -0.15) is 0 Å². The van der Waals surface area contributed by atoms with Crippen LogP contribution in [0.2, 0.25) is 0 Å². The quantitative estimate of drug-likeness (QED) is 0.775. The van der Waals surface area contributed by atoms with Gasteiger partial charge in [-0.1, -0.05) is 34.6 Å². The number of likely N-dealkylation sites (N-methyl/N-ethyl adjacent to an activating group) is 1. The van der Waals surface area contributed by atoms with Crippen molar-refractivity contribution in [3.8, 4) is 0 Å². The third-order valence-corrected chi connectivity index (χ3v) is 4.73. The maximum Gasteiger partial charge on any atom is 0.0254 e. The Morgan fingerprint density at radius 1 is 1.25 bits per heavy atom. The van der Waals surface area contributed by atoms with Gasteiger partial charge in [0.15, 0.2) is 0 Å². The molecule has 1 rings (SSSR count). The first-order chi connectivity index (χ1) is 9.25. The van der Waals surface area contributed by atoms with E-state index in [-0.39, 0.29) is 0 Å². The Morgan fingerprint density at radius 2 is 1.90 bits per heavy atom. The fourth-order valence-corrected chi connectivity index (χ4v) is 3.37. The molecule has 0 saturated carbocycles. The van der Waals surface area contributed by atoms with Crippen molar-refractivity contribution < 1.29 is 0 Å². The number of nitrogens with one attached hydrogen (secondary N) is 1. The third-order valence-electron chi connectivity index (χ3n) is 4.73. The molecule has 0 amide bonds. The van der Waals surface area contributed by atoms with E-state index < -0.39 is 0 Å². The Kier molecular flexibility index (Phi) is 6.96. The molecule has 1 saturated heterocycles. The molecule has 3 heteroatoms. The van der Waals surface area contributed by atoms with E-state index in [1.165, 1.54) is 32.5 Å². The van der Waals surface area contributed by atoms with Crippen molar-refractivity contribution >= 4 is 0 Å². The molecule has 3 atom stereocenters. The summed E-state index contributed by atoms with van der Waals surface area (Å²) in [6, 6.07) is 1.35. The Labute approximate surface area is 127 Å². The van der Waals surface area contributed by atoms with Crippen LogP contribution in [0.1, 0.15) is 47.5 Å². The number of nitrogens with zero attached hydrogens (tertiary/aromatic N) is 2. The van der Waals surface area contributed by atoms with Crippen molar-refractivity contribution in [1.82, 2.24) is 15.1 Å². The Bertz CT molecular complexity index is 270. The van der Waals surface area contributed by atoms with Crippen molar-refractivity contribution in [3.05, 3.63) is 0 Å². The molecule has 1 heterocycles. The minimum Gasteiger partial charge on any atom is -0.313 e. The summed E-state index contributed by atoms with van der Waals surface area (Å²) in [6.45, 7) is 16.6. The van der Waals surface area contributed by atoms with Gasteiger partial charge in [0.1, 0.15) is 0 Å². The van der Waals surface area contributed by atoms with Gasteiger partial charge in [0.2, 0.25) is 0 Å². The highest BCUT2D eigenvalue weighted by molar-refractivity contribution is 4.88. The third kappa shape index (κ3) is 5.34. The molecular weight excluding hydrogens is 246 g/mol. The lowest BCUT2D eigenvalue weighted by Gasteiger charge is -2.33. The van der Waals surface area contributed by atoms with Gasteiger partial charge < -0.3 is 15.1 Å². The fourth-order valence-electron chi connectivity index (χ4n) is 3.37. The zero-order valence-electron chi connectivity index (χ0n) is 14.9. The molecule has 3 nitrogen and oxygen atoms in total. The summed E-state index contributed by atoms with van der Waals surface area (Å²) in [5, 5.41) is 3.74. The van der Waals surface area contributed by atoms with Crippen LogP contribution >= 0.6 is 0 Å². The highest BCUT2D eigenvalue weighted by Gasteiger charge is 2.32. The average Bonchev–Trinajstić information content (AvgIpc) is 2.69. The topological polar surface area (TPSA) is 18.5 Å². The Balaban J connectivity index is 2.44. The molecule has 1 N–H and O–H groups in total. The zero-order chi connectivity index (χ0) is 15.3. The second-order valence-electron chi connectivity index (χ2n) is 7.93. The Morgan fingerprint density at radius 3 is 2.35 bits per heavy atom. The van der Waals surface area contributed by atoms with Crippen molar-refractivity contribution in [3.63, 3.8) is 0 Å². The van der Waals surface area contributed by atoms with Crippen molar-refractivity contribution in [2.24, 2.45) is 11.3 Å². The second-order valence-corrected chi connectivity index (χ2v) is 7.93. The van der Waals surface area contributed by atoms with Crippen LogP contribution in [0.15, 0.2) is 0 Å². The molecule has 120 valence electrons. The van der Waals surface area contributed by atoms with E-state index >= 15 is 0 Å². The van der Waals surface area contributed by atoms with Crippen LogP contribution in [-0.4, -0.2) is 62.2 Å². The minimum atomic E-state index is 0.349. The van der Waals surface area contributed by atoms with Gasteiger partial charge in [0.05, 0.1) is 0 Å². The molecule has 0 radical (unpaired) electrons. The highest BCUT2D eigenvalue weighted by Crippen LogP contribution is 2.24. The van der Waals surface area contributed by atoms with E-state index in [1.54, 1.807) is 0 Å². The zero-order valence-corrected chi connectivity index (χ0v) is 14.9. The lowest BCUT2D eigenvalue weighted by Crippen LogP contribution is -2.43. The molecule has 0 aliphatic carbocycles. The summed E-state index contributed by atoms with van der Waals surface area (Å²) in [6.07, 6.45) is 2.48. The molecular formula is C17H37N3. The van der Waals surface area contributed by atoms with Crippen LogP contribution in [0.5, 0.6) is 0 Å². The molecule has 0 aromatic carbocycles. The average molecular weight is 284 g/mol. The van der Waals surface area contributed by atoms with Gasteiger partial charge in [0.25, 0.3) is 0 Å². The van der Waals surface area contributed by atoms with Gasteiger partial charge in [0, 0.05) is 25.2 Å². The highest BCUT2D eigenvalue weighted by atomic mass is 15.2. The van der Waals surface area contributed by atoms with Crippen molar-refractivity contribution in [2.75, 3.05) is 40.3 Å². The minimum absolute atomic E-state index is 0.349. The van der Waals surface area contributed by atoms with Crippen LogP contribution in [0.3, 0.4) is 0 Å². The molecule has 3 unspecified atom stereocenters. The summed E-state index contributed by atoms with van der Waals surface area (Å²) < 4.78 is 0. The molecule has 1 aliphatic rings. The number of hydrogen-bond acceptors (Lipinski definition) is 3. The summed E-state index contributed by atoms with van der Waals surface area (Å²) in [7, 11) is 4.43. The molecule has 0 bridgehead atoms. The second kappa shape index (κ2) is 7.77. The van der Waals surface area contributed by atoms with Crippen LogP contribution in [0, 0.1) is 11.3 Å². The predicted octanol–water partition coefficient (Wildman–Crippen LogP) is 2.67. The summed E-state index contributed by atoms with van der Waals surface area (Å²) in [5.74, 6) is 0.793. The fraction of sp³-hybridized carbons (Fsp3) is 1.00. The van der Waals surface area contributed by atoms with E-state index in [0.29, 0.717) is 11.5 Å². The number of rotatable bonds is 7. The molecule has 0 spiro atoms. The lowest BCUT2D eigenvalue weighted by molar-refractivity contribution is 0.212. The van der Waals surface area contributed by atoms with Gasteiger partial charge in [-0.15, -0.1) is 0 Å². The summed E-state index contributed by atoms with van der Waals surface area (Å²) >= 11 is 0. The monoisotopic (exact) mass is 283 g/mol. The van der Waals surface area contributed by atoms with Crippen LogP contribution in [0.4, 0.5) is 0 Å². The maximum absolute atomic E-state index is 3.74. The standard InChI is InChI=1S/C17H37N3/c1-8-10-18-16(17(3,4)5)9-11-20-12-14(2)15(13-20)19(6)7/h14-16,18H,8-13H2,1-7H3. The smallest absolute Gasteiger partial charge is 0.0254 e. The number of likely N-dealkylation sites (tertiary alicyclic amines) is 1. The van der Waals surface area contributed by atoms with Gasteiger partial charge in [-0.25, -0.2) is 0 Å². The molecule has 1 fully saturated rings. The SMILES string of the molecule is CCCNC(CCN1CC(C)C(N(C)C)C1)C(C)(C)C. The molecule has 0 aromatic heterocycles. The van der Waals surface area contributed by atoms with E-state index in [9.17, 15) is 0 Å². The largest absolute Gasteiger partial charge is 0.313 e. The van der Waals surface area contributed by atoms with E-state index in [0.717, 1.165) is 18.5 Å². The van der Waals surface area contributed by atoms with Crippen molar-refractivity contribution in [2.45, 2.75) is 59.5 Å². The van der Waals surface area contributed by atoms with Gasteiger partial charge in [-0.05, 0) is 51.4 Å². The molecule has 1 aliphatic heterocycles. The van der Waals surface area contributed by atoms with E-state index in [2.05, 4.69) is 63.8 Å². The maximum atomic E-state index is 3.74. The van der Waals surface area contributed by atoms with Crippen LogP contribution < -0.4 is 5.32 Å². The number of hydrogen-bond donors (Lipinski definition) is 1. The van der Waals surface area contributed by atoms with Gasteiger partial charge >= 0.3 is 0 Å². The first kappa shape index (κ1) is 17.9. The van der Waals surface area contributed by atoms with Crippen LogP contribution in [-0.2, 0) is 0 Å². The Hall–Kier alpha value is -0.120. The summed E-state index contributed by atoms with van der Waals surface area (Å²) in [5.41, 5.74) is 0.349. The van der Waals surface area contributed by atoms with Crippen LogP contribution in [0.25, 0.3) is 0 Å². The predicted molar refractivity (Wildman–Crippen MR) is 89.2 cm³/mol. The van der Waals surface area contributed by atoms with Crippen molar-refractivity contribution in [1.29, 1.82) is 0 Å². The van der Waals surface area contributed by atoms with E-state index in [1.807, 2.05) is 0 Å². The molecule has 20 heavy (non-hydrogen) atoms. The lowest BCUT2D eigenvalue weighted by atomic mass is 9.84. The summed E-state index contributed by atoms with van der Waals surface area (Å²) in [4.78, 5) is 5.04. The molecule has 0 aromatic rings. The van der Waals surface area contributed by atoms with E-state index in [4.69, 9.17) is 0 Å². The first-order valence-corrected chi connectivity index (χ1v) is 8.37. The first-order valence-electron chi connectivity index (χ1n) is 8.37. The normalized spacial score (nSPS) is 26.4. The van der Waals surface area contributed by atoms with Gasteiger partial charge in [-0.3, -0.25) is 0 Å².